The van der Waals surface area contributed by atoms with Crippen LogP contribution in [0, 0.1) is 6.92 Å². The first-order chi connectivity index (χ1) is 8.77. The monoisotopic (exact) mass is 283 g/mol. The fraction of sp³-hybridized carbons (Fsp3) is 0.462. The van der Waals surface area contributed by atoms with Crippen molar-refractivity contribution in [3.8, 4) is 0 Å². The molecular formula is C13H17NO4S. The number of aliphatic hydroxyl groups is 1. The van der Waals surface area contributed by atoms with Crippen LogP contribution in [0.25, 0.3) is 0 Å². The average Bonchev–Trinajstić information content (AvgIpc) is 3.08. The first-order valence-electron chi connectivity index (χ1n) is 6.01. The van der Waals surface area contributed by atoms with E-state index in [-0.39, 0.29) is 17.4 Å². The molecule has 0 saturated heterocycles. The van der Waals surface area contributed by atoms with Crippen molar-refractivity contribution in [2.45, 2.75) is 30.2 Å². The van der Waals surface area contributed by atoms with E-state index in [0.717, 1.165) is 19.1 Å². The lowest BCUT2D eigenvalue weighted by molar-refractivity contribution is 0.0906. The molecule has 1 fully saturated rings. The molecule has 1 amide bonds. The number of aliphatic hydroxyl groups excluding tert-OH is 1. The van der Waals surface area contributed by atoms with Gasteiger partial charge in [0.05, 0.1) is 17.0 Å². The van der Waals surface area contributed by atoms with E-state index in [2.05, 4.69) is 5.32 Å². The first kappa shape index (κ1) is 14.0. The fourth-order valence-corrected chi connectivity index (χ4v) is 2.92. The van der Waals surface area contributed by atoms with Crippen LogP contribution in [-0.4, -0.2) is 37.8 Å². The molecule has 0 spiro atoms. The van der Waals surface area contributed by atoms with Crippen LogP contribution in [0.2, 0.25) is 0 Å². The van der Waals surface area contributed by atoms with E-state index in [1.165, 1.54) is 6.07 Å². The Balaban J connectivity index is 2.29. The zero-order valence-electron chi connectivity index (χ0n) is 10.9. The smallest absolute Gasteiger partial charge is 0.251 e. The number of sulfone groups is 1. The molecule has 0 aliphatic heterocycles. The maximum Gasteiger partial charge on any atom is 0.251 e. The van der Waals surface area contributed by atoms with Crippen LogP contribution in [0.3, 0.4) is 0 Å². The van der Waals surface area contributed by atoms with Crippen LogP contribution in [0.4, 0.5) is 0 Å². The normalized spacial score (nSPS) is 17.0. The second-order valence-electron chi connectivity index (χ2n) is 5.15. The molecule has 0 bridgehead atoms. The number of amides is 1. The molecule has 1 aliphatic carbocycles. The molecule has 0 unspecified atom stereocenters. The topological polar surface area (TPSA) is 83.5 Å². The lowest BCUT2D eigenvalue weighted by Crippen LogP contribution is -2.39. The van der Waals surface area contributed by atoms with E-state index in [0.29, 0.717) is 11.1 Å². The highest BCUT2D eigenvalue weighted by molar-refractivity contribution is 7.90. The van der Waals surface area contributed by atoms with Gasteiger partial charge in [0.2, 0.25) is 0 Å². The largest absolute Gasteiger partial charge is 0.394 e. The van der Waals surface area contributed by atoms with E-state index >= 15 is 0 Å². The van der Waals surface area contributed by atoms with Gasteiger partial charge in [-0.25, -0.2) is 8.42 Å². The molecule has 2 N–H and O–H groups in total. The molecule has 104 valence electrons. The Labute approximate surface area is 112 Å². The summed E-state index contributed by atoms with van der Waals surface area (Å²) >= 11 is 0. The van der Waals surface area contributed by atoms with Crippen molar-refractivity contribution in [2.24, 2.45) is 0 Å². The lowest BCUT2D eigenvalue weighted by atomic mass is 10.1. The molecule has 0 heterocycles. The van der Waals surface area contributed by atoms with Crippen molar-refractivity contribution in [1.82, 2.24) is 5.32 Å². The third kappa shape index (κ3) is 2.96. The van der Waals surface area contributed by atoms with Gasteiger partial charge in [0.1, 0.15) is 0 Å². The minimum atomic E-state index is -3.35. The highest BCUT2D eigenvalue weighted by Gasteiger charge is 2.43. The standard InChI is InChI=1S/C13H17NO4S/c1-9-3-4-10(7-11(9)19(2,17)18)12(16)14-13(8-15)5-6-13/h3-4,7,15H,5-6,8H2,1-2H3,(H,14,16). The third-order valence-electron chi connectivity index (χ3n) is 3.38. The van der Waals surface area contributed by atoms with E-state index in [4.69, 9.17) is 5.11 Å². The maximum atomic E-state index is 12.0. The van der Waals surface area contributed by atoms with Crippen LogP contribution in [0.5, 0.6) is 0 Å². The molecule has 1 saturated carbocycles. The summed E-state index contributed by atoms with van der Waals surface area (Å²) < 4.78 is 23.2. The third-order valence-corrected chi connectivity index (χ3v) is 4.62. The summed E-state index contributed by atoms with van der Waals surface area (Å²) in [5, 5.41) is 11.9. The molecular weight excluding hydrogens is 266 g/mol. The summed E-state index contributed by atoms with van der Waals surface area (Å²) in [7, 11) is -3.35. The highest BCUT2D eigenvalue weighted by Crippen LogP contribution is 2.34. The molecule has 19 heavy (non-hydrogen) atoms. The number of benzene rings is 1. The van der Waals surface area contributed by atoms with Gasteiger partial charge in [-0.15, -0.1) is 0 Å². The number of carbonyl (C=O) groups is 1. The maximum absolute atomic E-state index is 12.0. The summed E-state index contributed by atoms with van der Waals surface area (Å²) in [6.45, 7) is 1.59. The molecule has 1 aromatic rings. The van der Waals surface area contributed by atoms with Gasteiger partial charge in [0.15, 0.2) is 9.84 Å². The van der Waals surface area contributed by atoms with Gasteiger partial charge in [0.25, 0.3) is 5.91 Å². The summed E-state index contributed by atoms with van der Waals surface area (Å²) in [6, 6.07) is 4.59. The van der Waals surface area contributed by atoms with Crippen molar-refractivity contribution in [1.29, 1.82) is 0 Å². The van der Waals surface area contributed by atoms with Gasteiger partial charge >= 0.3 is 0 Å². The Morgan fingerprint density at radius 1 is 1.42 bits per heavy atom. The van der Waals surface area contributed by atoms with Crippen molar-refractivity contribution in [2.75, 3.05) is 12.9 Å². The highest BCUT2D eigenvalue weighted by atomic mass is 32.2. The lowest BCUT2D eigenvalue weighted by Gasteiger charge is -2.15. The minimum absolute atomic E-state index is 0.0937. The molecule has 1 aromatic carbocycles. The van der Waals surface area contributed by atoms with E-state index in [1.807, 2.05) is 0 Å². The predicted octanol–water partition coefficient (Wildman–Crippen LogP) is 0.653. The second-order valence-corrected chi connectivity index (χ2v) is 7.13. The van der Waals surface area contributed by atoms with Crippen molar-refractivity contribution in [3.05, 3.63) is 29.3 Å². The van der Waals surface area contributed by atoms with Gasteiger partial charge in [0, 0.05) is 11.8 Å². The van der Waals surface area contributed by atoms with E-state index in [9.17, 15) is 13.2 Å². The van der Waals surface area contributed by atoms with Crippen LogP contribution in [-0.2, 0) is 9.84 Å². The summed E-state index contributed by atoms with van der Waals surface area (Å²) in [6.07, 6.45) is 2.62. The molecule has 0 atom stereocenters. The number of hydrogen-bond acceptors (Lipinski definition) is 4. The van der Waals surface area contributed by atoms with Crippen LogP contribution < -0.4 is 5.32 Å². The van der Waals surface area contributed by atoms with Crippen molar-refractivity contribution in [3.63, 3.8) is 0 Å². The van der Waals surface area contributed by atoms with Gasteiger partial charge in [-0.2, -0.15) is 0 Å². The summed E-state index contributed by atoms with van der Waals surface area (Å²) in [4.78, 5) is 12.2. The quantitative estimate of drug-likeness (QED) is 0.850. The number of nitrogens with one attached hydrogen (secondary N) is 1. The minimum Gasteiger partial charge on any atom is -0.394 e. The average molecular weight is 283 g/mol. The Kier molecular flexibility index (Phi) is 3.40. The van der Waals surface area contributed by atoms with Gasteiger partial charge in [-0.3, -0.25) is 4.79 Å². The van der Waals surface area contributed by atoms with E-state index in [1.54, 1.807) is 19.1 Å². The number of aryl methyl sites for hydroxylation is 1. The van der Waals surface area contributed by atoms with Crippen molar-refractivity contribution < 1.29 is 18.3 Å². The van der Waals surface area contributed by atoms with Crippen LogP contribution >= 0.6 is 0 Å². The fourth-order valence-electron chi connectivity index (χ4n) is 1.93. The number of hydrogen-bond donors (Lipinski definition) is 2. The first-order valence-corrected chi connectivity index (χ1v) is 7.91. The Morgan fingerprint density at radius 2 is 2.05 bits per heavy atom. The number of carbonyl (C=O) groups excluding carboxylic acids is 1. The second kappa shape index (κ2) is 4.61. The molecule has 2 rings (SSSR count). The Bertz CT molecular complexity index is 618. The Hall–Kier alpha value is -1.40. The van der Waals surface area contributed by atoms with Crippen molar-refractivity contribution >= 4 is 15.7 Å². The molecule has 0 radical (unpaired) electrons. The Morgan fingerprint density at radius 3 is 2.53 bits per heavy atom. The number of rotatable bonds is 4. The zero-order chi connectivity index (χ0) is 14.3. The summed E-state index contributed by atoms with van der Waals surface area (Å²) in [5.41, 5.74) is 0.404. The van der Waals surface area contributed by atoms with Crippen LogP contribution in [0.15, 0.2) is 23.1 Å². The SMILES string of the molecule is Cc1ccc(C(=O)NC2(CO)CC2)cc1S(C)(=O)=O. The van der Waals surface area contributed by atoms with Crippen LogP contribution in [0.1, 0.15) is 28.8 Å². The molecule has 6 heteroatoms. The van der Waals surface area contributed by atoms with Gasteiger partial charge in [-0.05, 0) is 37.5 Å². The molecule has 1 aliphatic rings. The van der Waals surface area contributed by atoms with Gasteiger partial charge in [-0.1, -0.05) is 6.07 Å². The zero-order valence-corrected chi connectivity index (χ0v) is 11.8. The molecule has 0 aromatic heterocycles. The predicted molar refractivity (Wildman–Crippen MR) is 70.8 cm³/mol. The molecule has 5 nitrogen and oxygen atoms in total. The summed E-state index contributed by atoms with van der Waals surface area (Å²) in [5.74, 6) is -0.351. The van der Waals surface area contributed by atoms with Gasteiger partial charge < -0.3 is 10.4 Å². The van der Waals surface area contributed by atoms with E-state index < -0.39 is 15.4 Å².